The zero-order valence-electron chi connectivity index (χ0n) is 7.55. The zero-order valence-corrected chi connectivity index (χ0v) is 7.55. The molecule has 0 aromatic carbocycles. The Kier molecular flexibility index (Phi) is 3.53. The number of hydrogen-bond acceptors (Lipinski definition) is 2. The summed E-state index contributed by atoms with van der Waals surface area (Å²) in [4.78, 5) is 10.7. The molecule has 0 radical (unpaired) electrons. The van der Waals surface area contributed by atoms with Crippen molar-refractivity contribution in [3.63, 3.8) is 0 Å². The largest absolute Gasteiger partial charge is 0.396 e. The maximum Gasteiger partial charge on any atom is 0.217 e. The molecule has 0 spiro atoms. The van der Waals surface area contributed by atoms with E-state index in [0.717, 1.165) is 25.7 Å². The summed E-state index contributed by atoms with van der Waals surface area (Å²) in [5, 5.41) is 11.6. The first-order valence-electron chi connectivity index (χ1n) is 4.60. The van der Waals surface area contributed by atoms with Gasteiger partial charge in [0.05, 0.1) is 0 Å². The molecule has 3 heteroatoms. The van der Waals surface area contributed by atoms with E-state index in [-0.39, 0.29) is 12.5 Å². The van der Waals surface area contributed by atoms with Crippen LogP contribution < -0.4 is 5.32 Å². The van der Waals surface area contributed by atoms with Gasteiger partial charge < -0.3 is 10.4 Å². The normalized spacial score (nSPS) is 28.8. The molecular formula is C9H17NO2. The highest BCUT2D eigenvalue weighted by Crippen LogP contribution is 2.27. The van der Waals surface area contributed by atoms with Crippen LogP contribution in [0.15, 0.2) is 0 Å². The Balaban J connectivity index is 2.21. The number of aliphatic hydroxyl groups excluding tert-OH is 1. The number of hydrogen-bond donors (Lipinski definition) is 2. The second-order valence-electron chi connectivity index (χ2n) is 3.59. The van der Waals surface area contributed by atoms with Crippen LogP contribution in [0.25, 0.3) is 0 Å². The van der Waals surface area contributed by atoms with Gasteiger partial charge in [-0.1, -0.05) is 0 Å². The molecule has 2 N–H and O–H groups in total. The van der Waals surface area contributed by atoms with Gasteiger partial charge in [0, 0.05) is 19.6 Å². The van der Waals surface area contributed by atoms with E-state index >= 15 is 0 Å². The Morgan fingerprint density at radius 1 is 1.58 bits per heavy atom. The number of nitrogens with one attached hydrogen (secondary N) is 1. The highest BCUT2D eigenvalue weighted by Gasteiger charge is 2.24. The summed E-state index contributed by atoms with van der Waals surface area (Å²) in [6.45, 7) is 1.83. The van der Waals surface area contributed by atoms with Gasteiger partial charge in [0.15, 0.2) is 0 Å². The summed E-state index contributed by atoms with van der Waals surface area (Å²) >= 11 is 0. The lowest BCUT2D eigenvalue weighted by Gasteiger charge is -2.10. The van der Waals surface area contributed by atoms with E-state index in [4.69, 9.17) is 5.11 Å². The fraction of sp³-hybridized carbons (Fsp3) is 0.889. The quantitative estimate of drug-likeness (QED) is 0.656. The van der Waals surface area contributed by atoms with Crippen LogP contribution in [0.2, 0.25) is 0 Å². The van der Waals surface area contributed by atoms with Crippen LogP contribution in [0.5, 0.6) is 0 Å². The van der Waals surface area contributed by atoms with Crippen LogP contribution in [-0.2, 0) is 4.79 Å². The lowest BCUT2D eigenvalue weighted by Crippen LogP contribution is -2.30. The Labute approximate surface area is 73.2 Å². The van der Waals surface area contributed by atoms with Gasteiger partial charge in [-0.05, 0) is 31.6 Å². The van der Waals surface area contributed by atoms with E-state index in [1.807, 2.05) is 0 Å². The van der Waals surface area contributed by atoms with Crippen molar-refractivity contribution in [3.8, 4) is 0 Å². The lowest BCUT2D eigenvalue weighted by atomic mass is 10.0. The van der Waals surface area contributed by atoms with Crippen molar-refractivity contribution in [3.05, 3.63) is 0 Å². The molecule has 0 aromatic heterocycles. The SMILES string of the molecule is CC(=O)NC1CCC(CCO)C1. The van der Waals surface area contributed by atoms with E-state index in [2.05, 4.69) is 5.32 Å². The highest BCUT2D eigenvalue weighted by atomic mass is 16.3. The number of aliphatic hydroxyl groups is 1. The van der Waals surface area contributed by atoms with Crippen molar-refractivity contribution < 1.29 is 9.90 Å². The molecule has 0 heterocycles. The lowest BCUT2D eigenvalue weighted by molar-refractivity contribution is -0.119. The van der Waals surface area contributed by atoms with Crippen molar-refractivity contribution in [1.82, 2.24) is 5.32 Å². The second kappa shape index (κ2) is 4.45. The van der Waals surface area contributed by atoms with Crippen molar-refractivity contribution in [2.24, 2.45) is 5.92 Å². The van der Waals surface area contributed by atoms with Crippen molar-refractivity contribution >= 4 is 5.91 Å². The van der Waals surface area contributed by atoms with Crippen molar-refractivity contribution in [2.45, 2.75) is 38.6 Å². The Morgan fingerprint density at radius 3 is 2.92 bits per heavy atom. The average Bonchev–Trinajstić information content (AvgIpc) is 2.36. The minimum absolute atomic E-state index is 0.0599. The van der Waals surface area contributed by atoms with Gasteiger partial charge in [-0.15, -0.1) is 0 Å². The first-order valence-corrected chi connectivity index (χ1v) is 4.60. The molecule has 1 saturated carbocycles. The predicted molar refractivity (Wildman–Crippen MR) is 46.6 cm³/mol. The first kappa shape index (κ1) is 9.52. The minimum atomic E-state index is 0.0599. The number of carbonyl (C=O) groups excluding carboxylic acids is 1. The summed E-state index contributed by atoms with van der Waals surface area (Å²) in [6.07, 6.45) is 4.14. The monoisotopic (exact) mass is 171 g/mol. The Morgan fingerprint density at radius 2 is 2.33 bits per heavy atom. The maximum absolute atomic E-state index is 10.7. The molecular weight excluding hydrogens is 154 g/mol. The smallest absolute Gasteiger partial charge is 0.217 e. The molecule has 1 fully saturated rings. The van der Waals surface area contributed by atoms with Crippen molar-refractivity contribution in [2.75, 3.05) is 6.61 Å². The van der Waals surface area contributed by atoms with Gasteiger partial charge in [0.25, 0.3) is 0 Å². The fourth-order valence-electron chi connectivity index (χ4n) is 1.94. The van der Waals surface area contributed by atoms with Crippen molar-refractivity contribution in [1.29, 1.82) is 0 Å². The van der Waals surface area contributed by atoms with Crippen LogP contribution in [0, 0.1) is 5.92 Å². The zero-order chi connectivity index (χ0) is 8.97. The third kappa shape index (κ3) is 2.81. The molecule has 0 bridgehead atoms. The molecule has 1 aliphatic carbocycles. The molecule has 0 aromatic rings. The summed E-state index contributed by atoms with van der Waals surface area (Å²) in [6, 6.07) is 0.360. The minimum Gasteiger partial charge on any atom is -0.396 e. The molecule has 1 rings (SSSR count). The Hall–Kier alpha value is -0.570. The van der Waals surface area contributed by atoms with E-state index in [1.54, 1.807) is 6.92 Å². The van der Waals surface area contributed by atoms with Gasteiger partial charge in [0.2, 0.25) is 5.91 Å². The standard InChI is InChI=1S/C9H17NO2/c1-7(12)10-9-3-2-8(6-9)4-5-11/h8-9,11H,2-6H2,1H3,(H,10,12). The third-order valence-corrected chi connectivity index (χ3v) is 2.49. The molecule has 2 atom stereocenters. The fourth-order valence-corrected chi connectivity index (χ4v) is 1.94. The molecule has 70 valence electrons. The van der Waals surface area contributed by atoms with Crippen LogP contribution in [0.3, 0.4) is 0 Å². The molecule has 1 amide bonds. The number of rotatable bonds is 3. The molecule has 0 aliphatic heterocycles. The van der Waals surface area contributed by atoms with Crippen LogP contribution in [-0.4, -0.2) is 23.7 Å². The van der Waals surface area contributed by atoms with Gasteiger partial charge in [-0.3, -0.25) is 4.79 Å². The van der Waals surface area contributed by atoms with E-state index in [1.165, 1.54) is 0 Å². The molecule has 1 aliphatic rings. The third-order valence-electron chi connectivity index (χ3n) is 2.49. The Bertz CT molecular complexity index is 159. The van der Waals surface area contributed by atoms with E-state index in [9.17, 15) is 4.79 Å². The van der Waals surface area contributed by atoms with Gasteiger partial charge in [-0.2, -0.15) is 0 Å². The van der Waals surface area contributed by atoms with Crippen LogP contribution in [0.1, 0.15) is 32.6 Å². The second-order valence-corrected chi connectivity index (χ2v) is 3.59. The molecule has 12 heavy (non-hydrogen) atoms. The number of amides is 1. The average molecular weight is 171 g/mol. The van der Waals surface area contributed by atoms with Crippen LogP contribution >= 0.6 is 0 Å². The summed E-state index contributed by atoms with van der Waals surface area (Å²) < 4.78 is 0. The highest BCUT2D eigenvalue weighted by molar-refractivity contribution is 5.73. The van der Waals surface area contributed by atoms with Crippen LogP contribution in [0.4, 0.5) is 0 Å². The topological polar surface area (TPSA) is 49.3 Å². The summed E-state index contributed by atoms with van der Waals surface area (Å²) in [7, 11) is 0. The summed E-state index contributed by atoms with van der Waals surface area (Å²) in [5.41, 5.74) is 0. The summed E-state index contributed by atoms with van der Waals surface area (Å²) in [5.74, 6) is 0.677. The van der Waals surface area contributed by atoms with Gasteiger partial charge in [0.1, 0.15) is 0 Å². The van der Waals surface area contributed by atoms with E-state index < -0.39 is 0 Å². The molecule has 3 nitrogen and oxygen atoms in total. The predicted octanol–water partition coefficient (Wildman–Crippen LogP) is 0.674. The van der Waals surface area contributed by atoms with Gasteiger partial charge in [-0.25, -0.2) is 0 Å². The van der Waals surface area contributed by atoms with Gasteiger partial charge >= 0.3 is 0 Å². The number of carbonyl (C=O) groups is 1. The van der Waals surface area contributed by atoms with E-state index in [0.29, 0.717) is 12.0 Å². The first-order chi connectivity index (χ1) is 5.72. The molecule has 0 saturated heterocycles. The maximum atomic E-state index is 10.7. The molecule has 2 unspecified atom stereocenters.